The molecule has 0 aliphatic carbocycles. The zero-order valence-corrected chi connectivity index (χ0v) is 11.7. The molecule has 0 spiro atoms. The van der Waals surface area contributed by atoms with Crippen LogP contribution in [0, 0.1) is 0 Å². The average molecular weight is 264 g/mol. The van der Waals surface area contributed by atoms with Crippen molar-refractivity contribution in [1.29, 1.82) is 0 Å². The highest BCUT2D eigenvalue weighted by molar-refractivity contribution is 6.33. The summed E-state index contributed by atoms with van der Waals surface area (Å²) >= 11 is 6.26. The second kappa shape index (κ2) is 4.65. The first kappa shape index (κ1) is 13.0. The van der Waals surface area contributed by atoms with Crippen LogP contribution in [0.3, 0.4) is 0 Å². The summed E-state index contributed by atoms with van der Waals surface area (Å²) in [6, 6.07) is 7.70. The van der Waals surface area contributed by atoms with Gasteiger partial charge in [-0.1, -0.05) is 50.6 Å². The van der Waals surface area contributed by atoms with Crippen molar-refractivity contribution in [3.05, 3.63) is 35.0 Å². The maximum absolute atomic E-state index is 6.26. The van der Waals surface area contributed by atoms with Crippen LogP contribution >= 0.6 is 11.6 Å². The van der Waals surface area contributed by atoms with Crippen LogP contribution in [0.25, 0.3) is 11.1 Å². The van der Waals surface area contributed by atoms with E-state index in [4.69, 9.17) is 17.3 Å². The molecule has 0 fully saturated rings. The third kappa shape index (κ3) is 2.10. The summed E-state index contributed by atoms with van der Waals surface area (Å²) < 4.78 is 0. The van der Waals surface area contributed by atoms with Crippen molar-refractivity contribution in [3.8, 4) is 11.1 Å². The van der Waals surface area contributed by atoms with E-state index in [1.165, 1.54) is 0 Å². The zero-order chi connectivity index (χ0) is 13.3. The van der Waals surface area contributed by atoms with Gasteiger partial charge in [0.15, 0.2) is 5.82 Å². The standard InChI is InChI=1S/C14H18ClN3/c1-4-14(2,3)12-11(13(16)18-17-12)9-7-5-6-8-10(9)15/h5-8H,4H2,1-3H3,(H3,16,17,18). The first-order valence-corrected chi connectivity index (χ1v) is 6.44. The van der Waals surface area contributed by atoms with Crippen LogP contribution < -0.4 is 5.73 Å². The van der Waals surface area contributed by atoms with Gasteiger partial charge in [-0.3, -0.25) is 5.10 Å². The third-order valence-corrected chi connectivity index (χ3v) is 3.83. The van der Waals surface area contributed by atoms with Crippen LogP contribution in [0.2, 0.25) is 5.02 Å². The summed E-state index contributed by atoms with van der Waals surface area (Å²) in [6.45, 7) is 6.48. The van der Waals surface area contributed by atoms with E-state index in [0.29, 0.717) is 10.8 Å². The summed E-state index contributed by atoms with van der Waals surface area (Å²) in [5, 5.41) is 7.89. The van der Waals surface area contributed by atoms with E-state index < -0.39 is 0 Å². The van der Waals surface area contributed by atoms with Gasteiger partial charge < -0.3 is 5.73 Å². The number of nitrogens with zero attached hydrogens (tertiary/aromatic N) is 1. The molecule has 0 saturated carbocycles. The lowest BCUT2D eigenvalue weighted by atomic mass is 9.83. The van der Waals surface area contributed by atoms with E-state index in [0.717, 1.165) is 23.2 Å². The van der Waals surface area contributed by atoms with Crippen LogP contribution in [-0.2, 0) is 5.41 Å². The molecule has 3 N–H and O–H groups in total. The number of aromatic amines is 1. The zero-order valence-electron chi connectivity index (χ0n) is 10.9. The molecule has 0 radical (unpaired) electrons. The molecule has 0 unspecified atom stereocenters. The number of nitrogens with two attached hydrogens (primary N) is 1. The van der Waals surface area contributed by atoms with E-state index >= 15 is 0 Å². The van der Waals surface area contributed by atoms with Crippen LogP contribution in [0.15, 0.2) is 24.3 Å². The smallest absolute Gasteiger partial charge is 0.153 e. The Kier molecular flexibility index (Phi) is 3.35. The van der Waals surface area contributed by atoms with Gasteiger partial charge in [-0.15, -0.1) is 0 Å². The summed E-state index contributed by atoms with van der Waals surface area (Å²) in [6.07, 6.45) is 0.992. The second-order valence-corrected chi connectivity index (χ2v) is 5.48. The number of halogens is 1. The lowest BCUT2D eigenvalue weighted by Gasteiger charge is -2.23. The maximum Gasteiger partial charge on any atom is 0.153 e. The van der Waals surface area contributed by atoms with E-state index in [9.17, 15) is 0 Å². The van der Waals surface area contributed by atoms with Crippen molar-refractivity contribution in [2.75, 3.05) is 5.73 Å². The molecule has 1 heterocycles. The predicted molar refractivity (Wildman–Crippen MR) is 76.8 cm³/mol. The topological polar surface area (TPSA) is 54.7 Å². The SMILES string of the molecule is CCC(C)(C)c1[nH]nc(N)c1-c1ccccc1Cl. The number of aromatic nitrogens is 2. The van der Waals surface area contributed by atoms with E-state index in [2.05, 4.69) is 31.0 Å². The number of nitrogens with one attached hydrogen (secondary N) is 1. The van der Waals surface area contributed by atoms with Crippen LogP contribution in [0.1, 0.15) is 32.9 Å². The molecule has 3 nitrogen and oxygen atoms in total. The van der Waals surface area contributed by atoms with Gasteiger partial charge in [0.1, 0.15) is 0 Å². The van der Waals surface area contributed by atoms with Crippen molar-refractivity contribution >= 4 is 17.4 Å². The summed E-state index contributed by atoms with van der Waals surface area (Å²) in [4.78, 5) is 0. The Balaban J connectivity index is 2.65. The molecule has 2 aromatic rings. The van der Waals surface area contributed by atoms with Crippen molar-refractivity contribution in [2.24, 2.45) is 0 Å². The minimum atomic E-state index is -0.0148. The highest BCUT2D eigenvalue weighted by atomic mass is 35.5. The quantitative estimate of drug-likeness (QED) is 0.879. The molecule has 0 amide bonds. The van der Waals surface area contributed by atoms with Crippen LogP contribution in [0.5, 0.6) is 0 Å². The number of rotatable bonds is 3. The Morgan fingerprint density at radius 1 is 1.33 bits per heavy atom. The van der Waals surface area contributed by atoms with E-state index in [-0.39, 0.29) is 5.41 Å². The monoisotopic (exact) mass is 263 g/mol. The van der Waals surface area contributed by atoms with Gasteiger partial charge in [-0.05, 0) is 12.5 Å². The predicted octanol–water partition coefficient (Wildman–Crippen LogP) is 4.00. The van der Waals surface area contributed by atoms with E-state index in [1.54, 1.807) is 0 Å². The van der Waals surface area contributed by atoms with Gasteiger partial charge in [0.25, 0.3) is 0 Å². The van der Waals surface area contributed by atoms with Gasteiger partial charge in [-0.2, -0.15) is 5.10 Å². The van der Waals surface area contributed by atoms with Crippen LogP contribution in [0.4, 0.5) is 5.82 Å². The fourth-order valence-corrected chi connectivity index (χ4v) is 2.19. The Morgan fingerprint density at radius 3 is 2.61 bits per heavy atom. The Labute approximate surface area is 112 Å². The van der Waals surface area contributed by atoms with Crippen LogP contribution in [-0.4, -0.2) is 10.2 Å². The second-order valence-electron chi connectivity index (χ2n) is 5.08. The molecule has 4 heteroatoms. The normalized spacial score (nSPS) is 11.8. The molecular formula is C14H18ClN3. The molecule has 0 aliphatic heterocycles. The van der Waals surface area contributed by atoms with Crippen molar-refractivity contribution in [3.63, 3.8) is 0 Å². The number of benzene rings is 1. The highest BCUT2D eigenvalue weighted by Crippen LogP contribution is 2.39. The lowest BCUT2D eigenvalue weighted by molar-refractivity contribution is 0.490. The number of H-pyrrole nitrogens is 1. The molecule has 0 atom stereocenters. The highest BCUT2D eigenvalue weighted by Gasteiger charge is 2.27. The Bertz CT molecular complexity index is 558. The summed E-state index contributed by atoms with van der Waals surface area (Å²) in [7, 11) is 0. The lowest BCUT2D eigenvalue weighted by Crippen LogP contribution is -2.17. The molecule has 2 rings (SSSR count). The van der Waals surface area contributed by atoms with E-state index in [1.807, 2.05) is 24.3 Å². The van der Waals surface area contributed by atoms with Gasteiger partial charge in [0.05, 0.1) is 5.69 Å². The van der Waals surface area contributed by atoms with Crippen molar-refractivity contribution in [1.82, 2.24) is 10.2 Å². The Hall–Kier alpha value is -1.48. The fraction of sp³-hybridized carbons (Fsp3) is 0.357. The number of nitrogen functional groups attached to an aromatic ring is 1. The number of hydrogen-bond donors (Lipinski definition) is 2. The summed E-state index contributed by atoms with van der Waals surface area (Å²) in [5.41, 5.74) is 8.87. The molecule has 18 heavy (non-hydrogen) atoms. The largest absolute Gasteiger partial charge is 0.382 e. The number of anilines is 1. The first-order chi connectivity index (χ1) is 8.47. The minimum Gasteiger partial charge on any atom is -0.382 e. The van der Waals surface area contributed by atoms with Crippen molar-refractivity contribution in [2.45, 2.75) is 32.6 Å². The third-order valence-electron chi connectivity index (χ3n) is 3.50. The molecule has 0 aliphatic rings. The van der Waals surface area contributed by atoms with Gasteiger partial charge in [-0.25, -0.2) is 0 Å². The first-order valence-electron chi connectivity index (χ1n) is 6.06. The van der Waals surface area contributed by atoms with Gasteiger partial charge in [0.2, 0.25) is 0 Å². The molecule has 1 aromatic carbocycles. The molecule has 0 saturated heterocycles. The molecule has 0 bridgehead atoms. The Morgan fingerprint density at radius 2 is 2.00 bits per heavy atom. The molecule has 96 valence electrons. The average Bonchev–Trinajstić information content (AvgIpc) is 2.72. The number of hydrogen-bond acceptors (Lipinski definition) is 2. The molecule has 1 aromatic heterocycles. The maximum atomic E-state index is 6.26. The fourth-order valence-electron chi connectivity index (χ4n) is 1.96. The molecular weight excluding hydrogens is 246 g/mol. The summed E-state index contributed by atoms with van der Waals surface area (Å²) in [5.74, 6) is 0.500. The minimum absolute atomic E-state index is 0.0148. The van der Waals surface area contributed by atoms with Gasteiger partial charge >= 0.3 is 0 Å². The van der Waals surface area contributed by atoms with Crippen molar-refractivity contribution < 1.29 is 0 Å². The van der Waals surface area contributed by atoms with Gasteiger partial charge in [0, 0.05) is 21.6 Å².